The summed E-state index contributed by atoms with van der Waals surface area (Å²) in [5, 5.41) is 3.25. The maximum atomic E-state index is 12.9. The van der Waals surface area contributed by atoms with E-state index in [1.807, 2.05) is 16.7 Å². The van der Waals surface area contributed by atoms with Crippen molar-refractivity contribution in [2.45, 2.75) is 19.5 Å². The summed E-state index contributed by atoms with van der Waals surface area (Å²) in [7, 11) is 3.37. The van der Waals surface area contributed by atoms with Gasteiger partial charge in [-0.1, -0.05) is 13.0 Å². The predicted octanol–water partition coefficient (Wildman–Crippen LogP) is 2.27. The van der Waals surface area contributed by atoms with Gasteiger partial charge in [0.25, 0.3) is 0 Å². The van der Waals surface area contributed by atoms with Crippen molar-refractivity contribution in [3.05, 3.63) is 29.8 Å². The molecule has 1 aliphatic rings. The summed E-state index contributed by atoms with van der Waals surface area (Å²) in [6.45, 7) is 5.23. The fraction of sp³-hybridized carbons (Fsp3) is 0.579. The minimum absolute atomic E-state index is 0.0624. The molecule has 0 unspecified atom stereocenters. The molecule has 1 aliphatic heterocycles. The number of amides is 1. The van der Waals surface area contributed by atoms with Crippen LogP contribution in [0.3, 0.4) is 0 Å². The van der Waals surface area contributed by atoms with Crippen LogP contribution in [0.1, 0.15) is 18.9 Å². The summed E-state index contributed by atoms with van der Waals surface area (Å²) in [6, 6.07) is 5.41. The molecule has 6 nitrogen and oxygen atoms in total. The highest BCUT2D eigenvalue weighted by Gasteiger charge is 2.31. The number of likely N-dealkylation sites (N-methyl/N-ethyl adjacent to an activating group) is 1. The summed E-state index contributed by atoms with van der Waals surface area (Å²) in [5.74, 6) is 0.583. The summed E-state index contributed by atoms with van der Waals surface area (Å²) in [4.78, 5) is 21.7. The third-order valence-corrected chi connectivity index (χ3v) is 4.51. The lowest BCUT2D eigenvalue weighted by Crippen LogP contribution is -2.53. The Morgan fingerprint density at radius 1 is 1.21 bits per heavy atom. The third-order valence-electron chi connectivity index (χ3n) is 4.51. The van der Waals surface area contributed by atoms with Gasteiger partial charge in [-0.25, -0.2) is 4.99 Å². The van der Waals surface area contributed by atoms with E-state index >= 15 is 0 Å². The smallest absolute Gasteiger partial charge is 0.368 e. The van der Waals surface area contributed by atoms with E-state index in [1.54, 1.807) is 20.2 Å². The van der Waals surface area contributed by atoms with Gasteiger partial charge in [-0.15, -0.1) is 0 Å². The summed E-state index contributed by atoms with van der Waals surface area (Å²) >= 11 is 0. The number of carbonyl (C=O) groups is 1. The van der Waals surface area contributed by atoms with Crippen LogP contribution in [-0.4, -0.2) is 75.0 Å². The van der Waals surface area contributed by atoms with E-state index in [0.29, 0.717) is 37.8 Å². The van der Waals surface area contributed by atoms with E-state index in [1.165, 1.54) is 17.0 Å². The number of hydrogen-bond acceptors (Lipinski definition) is 3. The maximum Gasteiger partial charge on any atom is 0.416 e. The molecular formula is C19H28F3N5O. The number of anilines is 1. The number of rotatable bonds is 5. The number of hydrogen-bond donors (Lipinski definition) is 1. The first-order chi connectivity index (χ1) is 13.2. The minimum Gasteiger partial charge on any atom is -0.368 e. The molecule has 1 N–H and O–H groups in total. The lowest BCUT2D eigenvalue weighted by atomic mass is 10.1. The lowest BCUT2D eigenvalue weighted by Gasteiger charge is -2.38. The van der Waals surface area contributed by atoms with E-state index in [9.17, 15) is 18.0 Å². The Bertz CT molecular complexity index is 682. The molecule has 0 aliphatic carbocycles. The van der Waals surface area contributed by atoms with Crippen LogP contribution >= 0.6 is 0 Å². The van der Waals surface area contributed by atoms with Crippen LogP contribution < -0.4 is 10.2 Å². The summed E-state index contributed by atoms with van der Waals surface area (Å²) in [5.41, 5.74) is -0.0706. The third kappa shape index (κ3) is 6.03. The Hall–Kier alpha value is -2.45. The fourth-order valence-corrected chi connectivity index (χ4v) is 2.84. The molecule has 1 aromatic rings. The SMILES string of the molecule is CCCNC(=NCC(=O)N(C)C)N1CCN(c2cccc(C(F)(F)F)c2)CC1. The van der Waals surface area contributed by atoms with Crippen LogP contribution in [0.15, 0.2) is 29.3 Å². The van der Waals surface area contributed by atoms with Gasteiger partial charge in [0.2, 0.25) is 5.91 Å². The number of alkyl halides is 3. The highest BCUT2D eigenvalue weighted by atomic mass is 19.4. The molecule has 0 aromatic heterocycles. The van der Waals surface area contributed by atoms with Crippen LogP contribution in [-0.2, 0) is 11.0 Å². The van der Waals surface area contributed by atoms with Crippen molar-refractivity contribution in [1.29, 1.82) is 0 Å². The number of guanidine groups is 1. The molecule has 0 saturated carbocycles. The molecule has 1 fully saturated rings. The molecule has 2 rings (SSSR count). The molecule has 28 heavy (non-hydrogen) atoms. The van der Waals surface area contributed by atoms with Gasteiger partial charge in [0.15, 0.2) is 5.96 Å². The Kier molecular flexibility index (Phi) is 7.53. The summed E-state index contributed by atoms with van der Waals surface area (Å²) < 4.78 is 38.8. The van der Waals surface area contributed by atoms with E-state index in [2.05, 4.69) is 10.3 Å². The number of carbonyl (C=O) groups excluding carboxylic acids is 1. The van der Waals surface area contributed by atoms with E-state index in [-0.39, 0.29) is 12.5 Å². The molecule has 9 heteroatoms. The highest BCUT2D eigenvalue weighted by Crippen LogP contribution is 2.31. The van der Waals surface area contributed by atoms with Crippen molar-refractivity contribution in [2.24, 2.45) is 4.99 Å². The summed E-state index contributed by atoms with van der Waals surface area (Å²) in [6.07, 6.45) is -3.43. The van der Waals surface area contributed by atoms with Crippen molar-refractivity contribution in [2.75, 3.05) is 58.3 Å². The average Bonchev–Trinajstić information content (AvgIpc) is 2.67. The lowest BCUT2D eigenvalue weighted by molar-refractivity contribution is -0.137. The van der Waals surface area contributed by atoms with E-state index in [4.69, 9.17) is 0 Å². The van der Waals surface area contributed by atoms with E-state index < -0.39 is 11.7 Å². The van der Waals surface area contributed by atoms with Gasteiger partial charge < -0.3 is 20.0 Å². The molecule has 1 heterocycles. The molecule has 1 amide bonds. The van der Waals surface area contributed by atoms with Gasteiger partial charge in [0.1, 0.15) is 6.54 Å². The van der Waals surface area contributed by atoms with Gasteiger partial charge >= 0.3 is 6.18 Å². The van der Waals surface area contributed by atoms with Gasteiger partial charge in [-0.05, 0) is 24.6 Å². The van der Waals surface area contributed by atoms with E-state index in [0.717, 1.165) is 19.0 Å². The Labute approximate surface area is 164 Å². The number of nitrogens with zero attached hydrogens (tertiary/aromatic N) is 4. The zero-order chi connectivity index (χ0) is 20.7. The van der Waals surface area contributed by atoms with Crippen LogP contribution in [0.4, 0.5) is 18.9 Å². The number of piperazine rings is 1. The molecule has 1 aromatic carbocycles. The quantitative estimate of drug-likeness (QED) is 0.610. The van der Waals surface area contributed by atoms with Gasteiger partial charge in [0, 0.05) is 52.5 Å². The van der Waals surface area contributed by atoms with Crippen LogP contribution in [0.2, 0.25) is 0 Å². The molecule has 0 bridgehead atoms. The van der Waals surface area contributed by atoms with Gasteiger partial charge in [-0.2, -0.15) is 13.2 Å². The number of benzene rings is 1. The minimum atomic E-state index is -4.35. The standard InChI is InChI=1S/C19H28F3N5O/c1-4-8-23-18(24-14-17(28)25(2)3)27-11-9-26(10-12-27)16-7-5-6-15(13-16)19(20,21)22/h5-7,13H,4,8-12,14H2,1-3H3,(H,23,24). The van der Waals surface area contributed by atoms with Crippen molar-refractivity contribution in [1.82, 2.24) is 15.1 Å². The Morgan fingerprint density at radius 2 is 1.89 bits per heavy atom. The number of halogens is 3. The first-order valence-electron chi connectivity index (χ1n) is 9.38. The van der Waals surface area contributed by atoms with Crippen LogP contribution in [0.5, 0.6) is 0 Å². The van der Waals surface area contributed by atoms with Gasteiger partial charge in [-0.3, -0.25) is 4.79 Å². The zero-order valence-corrected chi connectivity index (χ0v) is 16.6. The predicted molar refractivity (Wildman–Crippen MR) is 105 cm³/mol. The average molecular weight is 399 g/mol. The van der Waals surface area contributed by atoms with Crippen molar-refractivity contribution in [3.63, 3.8) is 0 Å². The van der Waals surface area contributed by atoms with Crippen molar-refractivity contribution in [3.8, 4) is 0 Å². The molecule has 0 atom stereocenters. The molecule has 0 spiro atoms. The van der Waals surface area contributed by atoms with Crippen molar-refractivity contribution < 1.29 is 18.0 Å². The van der Waals surface area contributed by atoms with Crippen molar-refractivity contribution >= 4 is 17.6 Å². The highest BCUT2D eigenvalue weighted by molar-refractivity contribution is 5.85. The number of nitrogens with one attached hydrogen (secondary N) is 1. The first kappa shape index (κ1) is 21.8. The normalized spacial score (nSPS) is 15.6. The topological polar surface area (TPSA) is 51.2 Å². The van der Waals surface area contributed by atoms with Gasteiger partial charge in [0.05, 0.1) is 5.56 Å². The van der Waals surface area contributed by atoms with Crippen LogP contribution in [0, 0.1) is 0 Å². The largest absolute Gasteiger partial charge is 0.416 e. The fourth-order valence-electron chi connectivity index (χ4n) is 2.84. The second-order valence-corrected chi connectivity index (χ2v) is 6.88. The zero-order valence-electron chi connectivity index (χ0n) is 16.6. The second-order valence-electron chi connectivity index (χ2n) is 6.88. The molecule has 1 saturated heterocycles. The molecular weight excluding hydrogens is 371 g/mol. The second kappa shape index (κ2) is 9.66. The molecule has 156 valence electrons. The Balaban J connectivity index is 2.03. The van der Waals surface area contributed by atoms with Crippen LogP contribution in [0.25, 0.3) is 0 Å². The number of aliphatic imine (C=N–C) groups is 1. The monoisotopic (exact) mass is 399 g/mol. The molecule has 0 radical (unpaired) electrons. The first-order valence-corrected chi connectivity index (χ1v) is 9.38. The maximum absolute atomic E-state index is 12.9. The Morgan fingerprint density at radius 3 is 2.46 bits per heavy atom.